The number of likely N-dealkylation sites (tertiary alicyclic amines) is 1. The second-order valence-corrected chi connectivity index (χ2v) is 7.84. The van der Waals surface area contributed by atoms with Crippen LogP contribution >= 0.6 is 0 Å². The molecule has 0 spiro atoms. The summed E-state index contributed by atoms with van der Waals surface area (Å²) in [6.45, 7) is 10.3. The first-order chi connectivity index (χ1) is 10.4. The van der Waals surface area contributed by atoms with Gasteiger partial charge >= 0.3 is 5.97 Å². The molecule has 0 aliphatic carbocycles. The van der Waals surface area contributed by atoms with E-state index < -0.39 is 0 Å². The zero-order chi connectivity index (χ0) is 16.2. The van der Waals surface area contributed by atoms with Gasteiger partial charge in [-0.05, 0) is 43.6 Å². The number of piperidine rings is 1. The molecular formula is C17H32N2O3. The zero-order valence-electron chi connectivity index (χ0n) is 14.3. The van der Waals surface area contributed by atoms with Gasteiger partial charge in [0, 0.05) is 19.7 Å². The predicted octanol–water partition coefficient (Wildman–Crippen LogP) is 2.00. The van der Waals surface area contributed by atoms with E-state index in [0.29, 0.717) is 19.3 Å². The molecule has 5 heteroatoms. The Morgan fingerprint density at radius 3 is 2.55 bits per heavy atom. The Kier molecular flexibility index (Phi) is 6.24. The number of ether oxygens (including phenoxy) is 2. The Balaban J connectivity index is 1.73. The minimum atomic E-state index is -0.0569. The maximum Gasteiger partial charge on any atom is 0.310 e. The van der Waals surface area contributed by atoms with E-state index in [1.807, 2.05) is 0 Å². The molecule has 2 rings (SSSR count). The van der Waals surface area contributed by atoms with Crippen LogP contribution in [0, 0.1) is 17.3 Å². The molecule has 0 amide bonds. The Morgan fingerprint density at radius 2 is 1.95 bits per heavy atom. The summed E-state index contributed by atoms with van der Waals surface area (Å²) in [5, 5.41) is 0. The molecule has 22 heavy (non-hydrogen) atoms. The van der Waals surface area contributed by atoms with Gasteiger partial charge in [-0.3, -0.25) is 9.69 Å². The van der Waals surface area contributed by atoms with E-state index in [1.54, 1.807) is 0 Å². The Hall–Kier alpha value is -0.650. The molecule has 5 nitrogen and oxygen atoms in total. The van der Waals surface area contributed by atoms with Crippen molar-refractivity contribution >= 4 is 5.97 Å². The first kappa shape index (κ1) is 17.7. The third-order valence-corrected chi connectivity index (χ3v) is 5.01. The van der Waals surface area contributed by atoms with Gasteiger partial charge in [-0.25, -0.2) is 0 Å². The fraction of sp³-hybridized carbons (Fsp3) is 0.941. The van der Waals surface area contributed by atoms with Crippen molar-refractivity contribution in [3.05, 3.63) is 0 Å². The summed E-state index contributed by atoms with van der Waals surface area (Å²) in [5.41, 5.74) is 5.77. The van der Waals surface area contributed by atoms with Gasteiger partial charge in [-0.2, -0.15) is 0 Å². The first-order valence-corrected chi connectivity index (χ1v) is 8.61. The maximum absolute atomic E-state index is 12.3. The summed E-state index contributed by atoms with van der Waals surface area (Å²) >= 11 is 0. The van der Waals surface area contributed by atoms with Crippen LogP contribution in [-0.2, 0) is 14.3 Å². The highest BCUT2D eigenvalue weighted by Crippen LogP contribution is 2.33. The van der Waals surface area contributed by atoms with E-state index in [2.05, 4.69) is 25.7 Å². The van der Waals surface area contributed by atoms with E-state index in [1.165, 1.54) is 0 Å². The van der Waals surface area contributed by atoms with Crippen LogP contribution in [-0.4, -0.2) is 49.9 Å². The molecule has 2 aliphatic heterocycles. The topological polar surface area (TPSA) is 64.8 Å². The molecule has 2 heterocycles. The largest absolute Gasteiger partial charge is 0.449 e. The molecule has 2 atom stereocenters. The lowest BCUT2D eigenvalue weighted by Gasteiger charge is -2.37. The summed E-state index contributed by atoms with van der Waals surface area (Å²) in [6.07, 6.45) is 3.91. The lowest BCUT2D eigenvalue weighted by atomic mass is 9.81. The summed E-state index contributed by atoms with van der Waals surface area (Å²) in [5.74, 6) is 0.563. The van der Waals surface area contributed by atoms with Gasteiger partial charge in [-0.1, -0.05) is 20.8 Å². The van der Waals surface area contributed by atoms with Crippen LogP contribution in [0.1, 0.15) is 46.5 Å². The molecule has 2 fully saturated rings. The molecular weight excluding hydrogens is 280 g/mol. The Morgan fingerprint density at radius 1 is 1.27 bits per heavy atom. The van der Waals surface area contributed by atoms with Crippen molar-refractivity contribution in [3.63, 3.8) is 0 Å². The van der Waals surface area contributed by atoms with E-state index >= 15 is 0 Å². The molecule has 0 saturated carbocycles. The van der Waals surface area contributed by atoms with Crippen LogP contribution in [0.2, 0.25) is 0 Å². The number of rotatable bonds is 4. The first-order valence-electron chi connectivity index (χ1n) is 8.61. The highest BCUT2D eigenvalue weighted by Gasteiger charge is 2.35. The monoisotopic (exact) mass is 312 g/mol. The number of hydrogen-bond donors (Lipinski definition) is 1. The SMILES string of the molecule is CC(C)(C)C1CC(C(=O)OCN2CCC(CN)CC2)CCO1. The third kappa shape index (κ3) is 4.93. The lowest BCUT2D eigenvalue weighted by Crippen LogP contribution is -2.41. The number of hydrogen-bond acceptors (Lipinski definition) is 5. The van der Waals surface area contributed by atoms with Gasteiger partial charge in [-0.15, -0.1) is 0 Å². The van der Waals surface area contributed by atoms with E-state index in [0.717, 1.165) is 45.3 Å². The van der Waals surface area contributed by atoms with Gasteiger partial charge in [0.15, 0.2) is 0 Å². The molecule has 2 saturated heterocycles. The Bertz CT molecular complexity index is 359. The molecule has 0 bridgehead atoms. The second kappa shape index (κ2) is 7.75. The average molecular weight is 312 g/mol. The molecule has 0 aromatic carbocycles. The fourth-order valence-corrected chi connectivity index (χ4v) is 3.24. The highest BCUT2D eigenvalue weighted by atomic mass is 16.5. The van der Waals surface area contributed by atoms with Crippen molar-refractivity contribution in [3.8, 4) is 0 Å². The molecule has 2 N–H and O–H groups in total. The quantitative estimate of drug-likeness (QED) is 0.804. The number of esters is 1. The maximum atomic E-state index is 12.3. The number of carbonyl (C=O) groups is 1. The zero-order valence-corrected chi connectivity index (χ0v) is 14.3. The molecule has 2 aliphatic rings. The molecule has 0 aromatic heterocycles. The average Bonchev–Trinajstić information content (AvgIpc) is 2.52. The Labute approximate surface area is 134 Å². The van der Waals surface area contributed by atoms with Crippen molar-refractivity contribution in [2.24, 2.45) is 23.0 Å². The van der Waals surface area contributed by atoms with Crippen LogP contribution in [0.4, 0.5) is 0 Å². The minimum absolute atomic E-state index is 0.0143. The van der Waals surface area contributed by atoms with Crippen molar-refractivity contribution in [1.29, 1.82) is 0 Å². The summed E-state index contributed by atoms with van der Waals surface area (Å²) in [4.78, 5) is 14.5. The van der Waals surface area contributed by atoms with Crippen molar-refractivity contribution in [2.75, 3.05) is 33.0 Å². The highest BCUT2D eigenvalue weighted by molar-refractivity contribution is 5.72. The molecule has 128 valence electrons. The van der Waals surface area contributed by atoms with Gasteiger partial charge in [0.25, 0.3) is 0 Å². The van der Waals surface area contributed by atoms with Gasteiger partial charge in [0.1, 0.15) is 6.73 Å². The normalized spacial score (nSPS) is 28.5. The van der Waals surface area contributed by atoms with Crippen LogP contribution in [0.25, 0.3) is 0 Å². The van der Waals surface area contributed by atoms with Crippen molar-refractivity contribution in [1.82, 2.24) is 4.90 Å². The van der Waals surface area contributed by atoms with Crippen LogP contribution < -0.4 is 5.73 Å². The van der Waals surface area contributed by atoms with Crippen molar-refractivity contribution < 1.29 is 14.3 Å². The predicted molar refractivity (Wildman–Crippen MR) is 86.2 cm³/mol. The van der Waals surface area contributed by atoms with Gasteiger partial charge in [0.05, 0.1) is 12.0 Å². The number of carbonyl (C=O) groups excluding carboxylic acids is 1. The molecule has 2 unspecified atom stereocenters. The number of nitrogens with two attached hydrogens (primary N) is 1. The van der Waals surface area contributed by atoms with E-state index in [-0.39, 0.29) is 23.4 Å². The van der Waals surface area contributed by atoms with Crippen LogP contribution in [0.15, 0.2) is 0 Å². The number of nitrogens with zero attached hydrogens (tertiary/aromatic N) is 1. The summed E-state index contributed by atoms with van der Waals surface area (Å²) in [7, 11) is 0. The van der Waals surface area contributed by atoms with Crippen LogP contribution in [0.5, 0.6) is 0 Å². The standard InChI is InChI=1S/C17H32N2O3/c1-17(2,3)15-10-14(6-9-21-15)16(20)22-12-19-7-4-13(11-18)5-8-19/h13-15H,4-12,18H2,1-3H3. The molecule has 0 aromatic rings. The fourth-order valence-electron chi connectivity index (χ4n) is 3.24. The smallest absolute Gasteiger partial charge is 0.310 e. The van der Waals surface area contributed by atoms with E-state index in [9.17, 15) is 4.79 Å². The second-order valence-electron chi connectivity index (χ2n) is 7.84. The third-order valence-electron chi connectivity index (χ3n) is 5.01. The van der Waals surface area contributed by atoms with Crippen LogP contribution in [0.3, 0.4) is 0 Å². The van der Waals surface area contributed by atoms with Gasteiger partial charge in [0.2, 0.25) is 0 Å². The molecule has 0 radical (unpaired) electrons. The van der Waals surface area contributed by atoms with Crippen molar-refractivity contribution in [2.45, 2.75) is 52.6 Å². The summed E-state index contributed by atoms with van der Waals surface area (Å²) < 4.78 is 11.4. The minimum Gasteiger partial charge on any atom is -0.449 e. The van der Waals surface area contributed by atoms with Gasteiger partial charge < -0.3 is 15.2 Å². The van der Waals surface area contributed by atoms with E-state index in [4.69, 9.17) is 15.2 Å². The lowest BCUT2D eigenvalue weighted by molar-refractivity contribution is -0.161. The summed E-state index contributed by atoms with van der Waals surface area (Å²) in [6, 6.07) is 0.